The molecule has 1 atom stereocenters. The van der Waals surface area contributed by atoms with E-state index in [4.69, 9.17) is 0 Å². The lowest BCUT2D eigenvalue weighted by atomic mass is 9.87. The molecule has 2 rings (SSSR count). The summed E-state index contributed by atoms with van der Waals surface area (Å²) in [5.74, 6) is 0.919. The molecule has 1 aliphatic carbocycles. The van der Waals surface area contributed by atoms with E-state index >= 15 is 0 Å². The lowest BCUT2D eigenvalue weighted by Gasteiger charge is -2.17. The lowest BCUT2D eigenvalue weighted by Crippen LogP contribution is -2.08. The summed E-state index contributed by atoms with van der Waals surface area (Å²) >= 11 is 0. The van der Waals surface area contributed by atoms with Gasteiger partial charge < -0.3 is 0 Å². The molecule has 21 heavy (non-hydrogen) atoms. The number of Topliss-reactive ketones (excluding diaryl/α,β-unsaturated/α-hetero) is 1. The van der Waals surface area contributed by atoms with E-state index in [0.717, 1.165) is 19.3 Å². The molecule has 1 aliphatic rings. The molecule has 0 aromatic heterocycles. The van der Waals surface area contributed by atoms with Crippen LogP contribution in [0.15, 0.2) is 30.3 Å². The zero-order valence-electron chi connectivity index (χ0n) is 13.4. The second-order valence-electron chi connectivity index (χ2n) is 6.57. The van der Waals surface area contributed by atoms with E-state index in [9.17, 15) is 4.79 Å². The van der Waals surface area contributed by atoms with Crippen molar-refractivity contribution in [3.8, 4) is 0 Å². The van der Waals surface area contributed by atoms with Crippen LogP contribution in [0.4, 0.5) is 0 Å². The van der Waals surface area contributed by atoms with E-state index in [0.29, 0.717) is 11.7 Å². The van der Waals surface area contributed by atoms with Gasteiger partial charge in [0.2, 0.25) is 0 Å². The summed E-state index contributed by atoms with van der Waals surface area (Å²) in [4.78, 5) is 12.2. The molecule has 0 bridgehead atoms. The molecule has 116 valence electrons. The van der Waals surface area contributed by atoms with Crippen LogP contribution in [0.2, 0.25) is 0 Å². The zero-order chi connectivity index (χ0) is 14.8. The minimum Gasteiger partial charge on any atom is -0.300 e. The molecule has 0 radical (unpaired) electrons. The molecule has 1 saturated carbocycles. The van der Waals surface area contributed by atoms with Crippen LogP contribution in [0.1, 0.15) is 88.5 Å². The molecule has 0 saturated heterocycles. The maximum absolute atomic E-state index is 12.2. The van der Waals surface area contributed by atoms with E-state index in [1.165, 1.54) is 63.4 Å². The van der Waals surface area contributed by atoms with Gasteiger partial charge in [-0.3, -0.25) is 4.79 Å². The third-order valence-corrected chi connectivity index (χ3v) is 4.75. The highest BCUT2D eigenvalue weighted by Crippen LogP contribution is 2.27. The van der Waals surface area contributed by atoms with Gasteiger partial charge in [0.1, 0.15) is 5.78 Å². The van der Waals surface area contributed by atoms with Crippen LogP contribution in [-0.4, -0.2) is 5.78 Å². The van der Waals surface area contributed by atoms with Crippen molar-refractivity contribution in [1.29, 1.82) is 0 Å². The van der Waals surface area contributed by atoms with Crippen LogP contribution in [-0.2, 0) is 4.79 Å². The van der Waals surface area contributed by atoms with Crippen molar-refractivity contribution < 1.29 is 4.79 Å². The van der Waals surface area contributed by atoms with Crippen molar-refractivity contribution in [3.05, 3.63) is 35.9 Å². The second-order valence-corrected chi connectivity index (χ2v) is 6.57. The highest BCUT2D eigenvalue weighted by atomic mass is 16.1. The molecule has 0 heterocycles. The number of hydrogen-bond acceptors (Lipinski definition) is 1. The number of carbonyl (C=O) groups excluding carboxylic acids is 1. The molecule has 1 fully saturated rings. The molecular weight excluding hydrogens is 256 g/mol. The average Bonchev–Trinajstić information content (AvgIpc) is 2.52. The van der Waals surface area contributed by atoms with Crippen molar-refractivity contribution in [1.82, 2.24) is 0 Å². The second kappa shape index (κ2) is 9.76. The normalized spacial score (nSPS) is 23.4. The smallest absolute Gasteiger partial charge is 0.133 e. The first kappa shape index (κ1) is 16.3. The minimum atomic E-state index is 0.446. The summed E-state index contributed by atoms with van der Waals surface area (Å²) in [6.07, 6.45) is 14.5. The van der Waals surface area contributed by atoms with Gasteiger partial charge in [-0.1, -0.05) is 81.7 Å². The van der Waals surface area contributed by atoms with Crippen LogP contribution in [0.3, 0.4) is 0 Å². The van der Waals surface area contributed by atoms with E-state index in [2.05, 4.69) is 30.3 Å². The molecule has 0 aliphatic heterocycles. The quantitative estimate of drug-likeness (QED) is 0.615. The van der Waals surface area contributed by atoms with E-state index in [-0.39, 0.29) is 0 Å². The Morgan fingerprint density at radius 1 is 0.714 bits per heavy atom. The number of carbonyl (C=O) groups is 1. The first-order valence-corrected chi connectivity index (χ1v) is 8.93. The topological polar surface area (TPSA) is 17.1 Å². The summed E-state index contributed by atoms with van der Waals surface area (Å²) in [7, 11) is 0. The number of ketones is 1. The minimum absolute atomic E-state index is 0.446. The van der Waals surface area contributed by atoms with Crippen molar-refractivity contribution >= 4 is 5.78 Å². The van der Waals surface area contributed by atoms with Crippen molar-refractivity contribution in [2.24, 2.45) is 0 Å². The van der Waals surface area contributed by atoms with Crippen LogP contribution in [0, 0.1) is 0 Å². The Balaban J connectivity index is 1.93. The van der Waals surface area contributed by atoms with Crippen molar-refractivity contribution in [2.45, 2.75) is 83.0 Å². The Labute approximate surface area is 130 Å². The third-order valence-electron chi connectivity index (χ3n) is 4.75. The first-order valence-electron chi connectivity index (χ1n) is 8.93. The van der Waals surface area contributed by atoms with E-state index < -0.39 is 0 Å². The van der Waals surface area contributed by atoms with Crippen molar-refractivity contribution in [3.63, 3.8) is 0 Å². The number of benzene rings is 1. The Bertz CT molecular complexity index is 396. The Morgan fingerprint density at radius 3 is 1.95 bits per heavy atom. The molecule has 0 N–H and O–H groups in total. The van der Waals surface area contributed by atoms with Gasteiger partial charge in [-0.2, -0.15) is 0 Å². The predicted molar refractivity (Wildman–Crippen MR) is 89.6 cm³/mol. The maximum Gasteiger partial charge on any atom is 0.133 e. The Kier molecular flexibility index (Phi) is 7.56. The molecule has 1 aromatic rings. The third kappa shape index (κ3) is 6.46. The molecule has 1 aromatic carbocycles. The maximum atomic E-state index is 12.2. The largest absolute Gasteiger partial charge is 0.300 e. The monoisotopic (exact) mass is 286 g/mol. The molecule has 1 unspecified atom stereocenters. The fraction of sp³-hybridized carbons (Fsp3) is 0.650. The molecule has 1 nitrogen and oxygen atoms in total. The summed E-state index contributed by atoms with van der Waals surface area (Å²) in [6.45, 7) is 0. The summed E-state index contributed by atoms with van der Waals surface area (Å²) < 4.78 is 0. The van der Waals surface area contributed by atoms with E-state index in [1.54, 1.807) is 0 Å². The highest BCUT2D eigenvalue weighted by Gasteiger charge is 2.15. The van der Waals surface area contributed by atoms with Crippen LogP contribution < -0.4 is 0 Å². The Hall–Kier alpha value is -1.11. The molecule has 1 heteroatoms. The van der Waals surface area contributed by atoms with Gasteiger partial charge in [-0.15, -0.1) is 0 Å². The van der Waals surface area contributed by atoms with Crippen LogP contribution in [0.25, 0.3) is 0 Å². The predicted octanol–water partition coefficient (Wildman–Crippen LogP) is 6.03. The van der Waals surface area contributed by atoms with Crippen molar-refractivity contribution in [2.75, 3.05) is 0 Å². The zero-order valence-corrected chi connectivity index (χ0v) is 13.4. The summed E-state index contributed by atoms with van der Waals surface area (Å²) in [5.41, 5.74) is 1.36. The number of rotatable bonds is 1. The van der Waals surface area contributed by atoms with Crippen LogP contribution in [0.5, 0.6) is 0 Å². The van der Waals surface area contributed by atoms with Crippen LogP contribution >= 0.6 is 0 Å². The average molecular weight is 286 g/mol. The van der Waals surface area contributed by atoms with Gasteiger partial charge in [0, 0.05) is 12.8 Å². The SMILES string of the molecule is O=C1CCCCCCCCCCCC(c2ccccc2)C1. The van der Waals surface area contributed by atoms with Gasteiger partial charge in [-0.05, 0) is 24.3 Å². The first-order chi connectivity index (χ1) is 10.4. The standard InChI is InChI=1S/C20H30O/c21-20-16-12-7-5-3-1-2-4-6-9-15-19(17-20)18-13-10-8-11-14-18/h8,10-11,13-14,19H,1-7,9,12,15-17H2. The highest BCUT2D eigenvalue weighted by molar-refractivity contribution is 5.79. The van der Waals surface area contributed by atoms with Gasteiger partial charge >= 0.3 is 0 Å². The fourth-order valence-electron chi connectivity index (χ4n) is 3.44. The van der Waals surface area contributed by atoms with E-state index in [1.807, 2.05) is 0 Å². The summed E-state index contributed by atoms with van der Waals surface area (Å²) in [6, 6.07) is 10.7. The number of hydrogen-bond donors (Lipinski definition) is 0. The van der Waals surface area contributed by atoms with Gasteiger partial charge in [-0.25, -0.2) is 0 Å². The molecule has 0 spiro atoms. The molecular formula is C20H30O. The van der Waals surface area contributed by atoms with Gasteiger partial charge in [0.25, 0.3) is 0 Å². The summed E-state index contributed by atoms with van der Waals surface area (Å²) in [5, 5.41) is 0. The van der Waals surface area contributed by atoms with Gasteiger partial charge in [0.05, 0.1) is 0 Å². The molecule has 0 amide bonds. The van der Waals surface area contributed by atoms with Gasteiger partial charge in [0.15, 0.2) is 0 Å². The Morgan fingerprint density at radius 2 is 1.29 bits per heavy atom. The lowest BCUT2D eigenvalue weighted by molar-refractivity contribution is -0.119. The fourth-order valence-corrected chi connectivity index (χ4v) is 3.44.